The van der Waals surface area contributed by atoms with Gasteiger partial charge in [0.2, 0.25) is 0 Å². The van der Waals surface area contributed by atoms with E-state index in [1.165, 1.54) is 44.7 Å². The minimum absolute atomic E-state index is 0.0417. The van der Waals surface area contributed by atoms with Crippen LogP contribution in [0.3, 0.4) is 0 Å². The van der Waals surface area contributed by atoms with E-state index < -0.39 is 0 Å². The molecule has 0 spiro atoms. The topological polar surface area (TPSA) is 47.3 Å². The summed E-state index contributed by atoms with van der Waals surface area (Å²) in [5, 5.41) is 8.59. The average molecular weight is 406 g/mol. The monoisotopic (exact) mass is 405 g/mol. The SMILES string of the molecule is CC(=O)CC#N.CC1CCCCC1.CCN1CCN(c2cccc(Cl)c2)CC1. The van der Waals surface area contributed by atoms with E-state index in [1.807, 2.05) is 18.2 Å². The van der Waals surface area contributed by atoms with Crippen LogP contribution in [0.4, 0.5) is 5.69 Å². The molecular weight excluding hydrogens is 370 g/mol. The van der Waals surface area contributed by atoms with Gasteiger partial charge in [-0.25, -0.2) is 0 Å². The van der Waals surface area contributed by atoms with E-state index in [0.29, 0.717) is 0 Å². The standard InChI is InChI=1S/C12H17ClN2.C7H14.C4H5NO/c1-2-14-6-8-15(9-7-14)12-5-3-4-11(13)10-12;1-7-5-3-2-4-6-7;1-4(6)2-3-5/h3-5,10H,2,6-9H2,1H3;7H,2-6H2,1H3;2H2,1H3. The first-order valence-electron chi connectivity index (χ1n) is 10.6. The number of halogens is 1. The first-order chi connectivity index (χ1) is 13.5. The largest absolute Gasteiger partial charge is 0.369 e. The fourth-order valence-electron chi connectivity index (χ4n) is 3.41. The number of rotatable bonds is 3. The van der Waals surface area contributed by atoms with Crippen molar-refractivity contribution >= 4 is 23.1 Å². The fraction of sp³-hybridized carbons (Fsp3) is 0.652. The van der Waals surface area contributed by atoms with E-state index in [4.69, 9.17) is 16.9 Å². The van der Waals surface area contributed by atoms with Gasteiger partial charge in [0.1, 0.15) is 5.78 Å². The summed E-state index contributed by atoms with van der Waals surface area (Å²) in [4.78, 5) is 14.7. The fourth-order valence-corrected chi connectivity index (χ4v) is 3.60. The van der Waals surface area contributed by atoms with E-state index in [2.05, 4.69) is 29.7 Å². The molecule has 0 N–H and O–H groups in total. The molecule has 0 unspecified atom stereocenters. The Morgan fingerprint density at radius 1 is 1.18 bits per heavy atom. The molecule has 1 heterocycles. The quantitative estimate of drug-likeness (QED) is 0.660. The van der Waals surface area contributed by atoms with E-state index in [1.54, 1.807) is 6.07 Å². The Labute approximate surface area is 176 Å². The van der Waals surface area contributed by atoms with Crippen molar-refractivity contribution in [3.63, 3.8) is 0 Å². The molecule has 0 bridgehead atoms. The molecule has 0 atom stereocenters. The summed E-state index contributed by atoms with van der Waals surface area (Å²) < 4.78 is 0. The van der Waals surface area contributed by atoms with Gasteiger partial charge in [0, 0.05) is 36.9 Å². The Hall–Kier alpha value is -1.57. The number of piperazine rings is 1. The first kappa shape index (κ1) is 24.5. The summed E-state index contributed by atoms with van der Waals surface area (Å²) in [5.74, 6) is 0.964. The van der Waals surface area contributed by atoms with Crippen molar-refractivity contribution in [2.75, 3.05) is 37.6 Å². The Morgan fingerprint density at radius 3 is 2.21 bits per heavy atom. The maximum Gasteiger partial charge on any atom is 0.143 e. The van der Waals surface area contributed by atoms with Crippen molar-refractivity contribution in [3.05, 3.63) is 29.3 Å². The number of ketones is 1. The number of likely N-dealkylation sites (N-methyl/N-ethyl adjacent to an activating group) is 1. The highest BCUT2D eigenvalue weighted by Gasteiger charge is 2.15. The second kappa shape index (κ2) is 14.4. The number of hydrogen-bond acceptors (Lipinski definition) is 4. The van der Waals surface area contributed by atoms with Crippen LogP contribution in [-0.4, -0.2) is 43.4 Å². The van der Waals surface area contributed by atoms with Gasteiger partial charge in [-0.2, -0.15) is 5.26 Å². The lowest BCUT2D eigenvalue weighted by Crippen LogP contribution is -2.46. The van der Waals surface area contributed by atoms with Gasteiger partial charge in [-0.1, -0.05) is 63.6 Å². The zero-order valence-corrected chi connectivity index (χ0v) is 18.5. The molecule has 4 nitrogen and oxygen atoms in total. The lowest BCUT2D eigenvalue weighted by molar-refractivity contribution is -0.116. The third kappa shape index (κ3) is 10.7. The van der Waals surface area contributed by atoms with Gasteiger partial charge in [-0.15, -0.1) is 0 Å². The van der Waals surface area contributed by atoms with Crippen LogP contribution in [0.5, 0.6) is 0 Å². The van der Waals surface area contributed by atoms with Gasteiger partial charge in [-0.3, -0.25) is 4.79 Å². The molecule has 2 fully saturated rings. The maximum absolute atomic E-state index is 9.82. The van der Waals surface area contributed by atoms with Gasteiger partial charge < -0.3 is 9.80 Å². The average Bonchev–Trinajstić information content (AvgIpc) is 2.69. The molecule has 0 aromatic heterocycles. The molecule has 1 aliphatic heterocycles. The summed E-state index contributed by atoms with van der Waals surface area (Å²) in [6.07, 6.45) is 7.48. The van der Waals surface area contributed by atoms with Crippen molar-refractivity contribution in [2.45, 2.75) is 59.3 Å². The van der Waals surface area contributed by atoms with Crippen LogP contribution in [0, 0.1) is 17.2 Å². The van der Waals surface area contributed by atoms with Crippen LogP contribution >= 0.6 is 11.6 Å². The molecular formula is C23H36ClN3O. The van der Waals surface area contributed by atoms with Crippen molar-refractivity contribution in [2.24, 2.45) is 5.92 Å². The number of benzene rings is 1. The number of Topliss-reactive ketones (excluding diaryl/α,β-unsaturated/α-hetero) is 1. The predicted octanol–water partition coefficient (Wildman–Crippen LogP) is 5.56. The molecule has 5 heteroatoms. The predicted molar refractivity (Wildman–Crippen MR) is 119 cm³/mol. The molecule has 1 aromatic rings. The van der Waals surface area contributed by atoms with Crippen LogP contribution in [0.15, 0.2) is 24.3 Å². The molecule has 0 amide bonds. The molecule has 156 valence electrons. The number of carbonyl (C=O) groups excluding carboxylic acids is 1. The summed E-state index contributed by atoms with van der Waals surface area (Å²) >= 11 is 5.98. The lowest BCUT2D eigenvalue weighted by atomic mass is 9.91. The zero-order valence-electron chi connectivity index (χ0n) is 17.8. The van der Waals surface area contributed by atoms with E-state index in [-0.39, 0.29) is 12.2 Å². The van der Waals surface area contributed by atoms with Crippen LogP contribution in [0.1, 0.15) is 59.3 Å². The number of nitrogens with zero attached hydrogens (tertiary/aromatic N) is 3. The van der Waals surface area contributed by atoms with E-state index in [9.17, 15) is 4.79 Å². The van der Waals surface area contributed by atoms with Crippen LogP contribution in [0.2, 0.25) is 5.02 Å². The molecule has 1 saturated carbocycles. The van der Waals surface area contributed by atoms with Gasteiger partial charge in [0.25, 0.3) is 0 Å². The Balaban J connectivity index is 0.000000251. The molecule has 28 heavy (non-hydrogen) atoms. The maximum atomic E-state index is 9.82. The molecule has 0 radical (unpaired) electrons. The summed E-state index contributed by atoms with van der Waals surface area (Å²) in [7, 11) is 0. The molecule has 1 aliphatic carbocycles. The highest BCUT2D eigenvalue weighted by atomic mass is 35.5. The molecule has 2 aliphatic rings. The number of nitriles is 1. The normalized spacial score (nSPS) is 17.5. The number of anilines is 1. The minimum atomic E-state index is -0.0718. The van der Waals surface area contributed by atoms with E-state index >= 15 is 0 Å². The molecule has 1 saturated heterocycles. The van der Waals surface area contributed by atoms with Crippen molar-refractivity contribution in [1.82, 2.24) is 4.90 Å². The second-order valence-corrected chi connectivity index (χ2v) is 8.12. The first-order valence-corrected chi connectivity index (χ1v) is 10.9. The molecule has 1 aromatic carbocycles. The van der Waals surface area contributed by atoms with Crippen molar-refractivity contribution < 1.29 is 4.79 Å². The summed E-state index contributed by atoms with van der Waals surface area (Å²) in [6, 6.07) is 9.84. The highest BCUT2D eigenvalue weighted by molar-refractivity contribution is 6.30. The van der Waals surface area contributed by atoms with E-state index in [0.717, 1.165) is 43.7 Å². The number of hydrogen-bond donors (Lipinski definition) is 0. The third-order valence-corrected chi connectivity index (χ3v) is 5.45. The molecule has 3 rings (SSSR count). The summed E-state index contributed by atoms with van der Waals surface area (Å²) in [6.45, 7) is 11.6. The van der Waals surface area contributed by atoms with Crippen molar-refractivity contribution in [3.8, 4) is 6.07 Å². The van der Waals surface area contributed by atoms with Crippen molar-refractivity contribution in [1.29, 1.82) is 5.26 Å². The summed E-state index contributed by atoms with van der Waals surface area (Å²) in [5.41, 5.74) is 1.25. The van der Waals surface area contributed by atoms with Gasteiger partial charge in [-0.05, 0) is 37.6 Å². The van der Waals surface area contributed by atoms with Gasteiger partial charge >= 0.3 is 0 Å². The second-order valence-electron chi connectivity index (χ2n) is 7.68. The highest BCUT2D eigenvalue weighted by Crippen LogP contribution is 2.22. The zero-order chi connectivity index (χ0) is 20.8. The Kier molecular flexibility index (Phi) is 12.6. The lowest BCUT2D eigenvalue weighted by Gasteiger charge is -2.35. The van der Waals surface area contributed by atoms with Crippen LogP contribution < -0.4 is 4.90 Å². The minimum Gasteiger partial charge on any atom is -0.369 e. The van der Waals surface area contributed by atoms with Gasteiger partial charge in [0.05, 0.1) is 12.5 Å². The van der Waals surface area contributed by atoms with Gasteiger partial charge in [0.15, 0.2) is 0 Å². The Morgan fingerprint density at radius 2 is 1.82 bits per heavy atom. The third-order valence-electron chi connectivity index (χ3n) is 5.21. The van der Waals surface area contributed by atoms with Crippen LogP contribution in [0.25, 0.3) is 0 Å². The Bertz CT molecular complexity index is 600. The van der Waals surface area contributed by atoms with Crippen LogP contribution in [-0.2, 0) is 4.79 Å². The number of carbonyl (C=O) groups is 1. The smallest absolute Gasteiger partial charge is 0.143 e.